The van der Waals surface area contributed by atoms with Crippen LogP contribution in [0.15, 0.2) is 30.3 Å². The highest BCUT2D eigenvalue weighted by Gasteiger charge is 2.23. The molecule has 5 heteroatoms. The summed E-state index contributed by atoms with van der Waals surface area (Å²) in [5, 5.41) is 5.74. The Hall–Kier alpha value is -1.88. The number of nitrogens with one attached hydrogen (secondary N) is 2. The molecule has 0 saturated carbocycles. The molecule has 1 aromatic rings. The SMILES string of the molecule is CC(C)N(CC(=O)N[C@H]1CCCCNC1=O)Cc1ccccc1. The lowest BCUT2D eigenvalue weighted by Crippen LogP contribution is -2.49. The van der Waals surface area contributed by atoms with E-state index in [1.54, 1.807) is 0 Å². The molecule has 0 bridgehead atoms. The van der Waals surface area contributed by atoms with Crippen molar-refractivity contribution < 1.29 is 9.59 Å². The highest BCUT2D eigenvalue weighted by molar-refractivity contribution is 5.88. The summed E-state index contributed by atoms with van der Waals surface area (Å²) in [5.41, 5.74) is 1.18. The fourth-order valence-electron chi connectivity index (χ4n) is 2.74. The van der Waals surface area contributed by atoms with Gasteiger partial charge in [-0.1, -0.05) is 30.3 Å². The first-order valence-corrected chi connectivity index (χ1v) is 8.41. The normalized spacial score (nSPS) is 18.6. The Kier molecular flexibility index (Phi) is 6.59. The summed E-state index contributed by atoms with van der Waals surface area (Å²) >= 11 is 0. The molecule has 5 nitrogen and oxygen atoms in total. The van der Waals surface area contributed by atoms with Gasteiger partial charge in [-0.2, -0.15) is 0 Å². The van der Waals surface area contributed by atoms with Crippen LogP contribution in [0, 0.1) is 0 Å². The van der Waals surface area contributed by atoms with Gasteiger partial charge in [0.1, 0.15) is 6.04 Å². The van der Waals surface area contributed by atoms with E-state index in [1.165, 1.54) is 5.56 Å². The molecule has 2 rings (SSSR count). The molecule has 1 fully saturated rings. The van der Waals surface area contributed by atoms with Gasteiger partial charge in [-0.15, -0.1) is 0 Å². The molecule has 1 heterocycles. The first-order chi connectivity index (χ1) is 11.1. The Morgan fingerprint density at radius 2 is 2.04 bits per heavy atom. The molecule has 23 heavy (non-hydrogen) atoms. The highest BCUT2D eigenvalue weighted by atomic mass is 16.2. The molecule has 1 aliphatic heterocycles. The predicted molar refractivity (Wildman–Crippen MR) is 90.8 cm³/mol. The van der Waals surface area contributed by atoms with Crippen LogP contribution >= 0.6 is 0 Å². The van der Waals surface area contributed by atoms with E-state index in [9.17, 15) is 9.59 Å². The average Bonchev–Trinajstić information content (AvgIpc) is 2.72. The maximum absolute atomic E-state index is 12.3. The quantitative estimate of drug-likeness (QED) is 0.839. The summed E-state index contributed by atoms with van der Waals surface area (Å²) in [6.07, 6.45) is 2.66. The lowest BCUT2D eigenvalue weighted by molar-refractivity contribution is -0.129. The largest absolute Gasteiger partial charge is 0.354 e. The molecule has 1 atom stereocenters. The van der Waals surface area contributed by atoms with E-state index in [0.717, 1.165) is 25.8 Å². The molecule has 2 N–H and O–H groups in total. The number of hydrogen-bond acceptors (Lipinski definition) is 3. The van der Waals surface area contributed by atoms with Crippen LogP contribution in [0.5, 0.6) is 0 Å². The molecule has 2 amide bonds. The molecule has 1 saturated heterocycles. The monoisotopic (exact) mass is 317 g/mol. The van der Waals surface area contributed by atoms with E-state index in [0.29, 0.717) is 13.1 Å². The van der Waals surface area contributed by atoms with Crippen molar-refractivity contribution in [3.05, 3.63) is 35.9 Å². The second-order valence-electron chi connectivity index (χ2n) is 6.39. The Labute approximate surface area is 138 Å². The van der Waals surface area contributed by atoms with Crippen LogP contribution in [0.25, 0.3) is 0 Å². The highest BCUT2D eigenvalue weighted by Crippen LogP contribution is 2.09. The first-order valence-electron chi connectivity index (χ1n) is 8.41. The van der Waals surface area contributed by atoms with E-state index in [1.807, 2.05) is 18.2 Å². The van der Waals surface area contributed by atoms with Crippen LogP contribution in [0.2, 0.25) is 0 Å². The second-order valence-corrected chi connectivity index (χ2v) is 6.39. The van der Waals surface area contributed by atoms with Crippen molar-refractivity contribution in [1.82, 2.24) is 15.5 Å². The van der Waals surface area contributed by atoms with Gasteiger partial charge in [0.2, 0.25) is 11.8 Å². The van der Waals surface area contributed by atoms with Crippen molar-refractivity contribution in [2.24, 2.45) is 0 Å². The Morgan fingerprint density at radius 1 is 1.30 bits per heavy atom. The van der Waals surface area contributed by atoms with Crippen LogP contribution in [-0.4, -0.2) is 41.9 Å². The predicted octanol–water partition coefficient (Wildman–Crippen LogP) is 1.68. The number of carbonyl (C=O) groups excluding carboxylic acids is 2. The first kappa shape index (κ1) is 17.5. The molecule has 0 unspecified atom stereocenters. The summed E-state index contributed by atoms with van der Waals surface area (Å²) in [6.45, 7) is 5.89. The minimum Gasteiger partial charge on any atom is -0.354 e. The van der Waals surface area contributed by atoms with Crippen molar-refractivity contribution >= 4 is 11.8 Å². The van der Waals surface area contributed by atoms with Crippen LogP contribution in [-0.2, 0) is 16.1 Å². The van der Waals surface area contributed by atoms with Crippen molar-refractivity contribution in [2.45, 2.75) is 51.7 Å². The van der Waals surface area contributed by atoms with Crippen LogP contribution in [0.1, 0.15) is 38.7 Å². The lowest BCUT2D eigenvalue weighted by atomic mass is 10.1. The topological polar surface area (TPSA) is 61.4 Å². The number of benzene rings is 1. The van der Waals surface area contributed by atoms with E-state index >= 15 is 0 Å². The van der Waals surface area contributed by atoms with Gasteiger partial charge in [0.15, 0.2) is 0 Å². The number of nitrogens with zero attached hydrogens (tertiary/aromatic N) is 1. The van der Waals surface area contributed by atoms with Crippen molar-refractivity contribution in [1.29, 1.82) is 0 Å². The minimum absolute atomic E-state index is 0.0602. The summed E-state index contributed by atoms with van der Waals surface area (Å²) in [5.74, 6) is -0.147. The van der Waals surface area contributed by atoms with E-state index < -0.39 is 6.04 Å². The summed E-state index contributed by atoms with van der Waals surface area (Å²) in [6, 6.07) is 9.98. The molecule has 0 aromatic heterocycles. The number of hydrogen-bond donors (Lipinski definition) is 2. The van der Waals surface area contributed by atoms with E-state index in [-0.39, 0.29) is 17.9 Å². The van der Waals surface area contributed by atoms with Gasteiger partial charge < -0.3 is 10.6 Å². The maximum Gasteiger partial charge on any atom is 0.242 e. The third-order valence-corrected chi connectivity index (χ3v) is 4.18. The van der Waals surface area contributed by atoms with Gasteiger partial charge in [0, 0.05) is 19.1 Å². The average molecular weight is 317 g/mol. The maximum atomic E-state index is 12.3. The van der Waals surface area contributed by atoms with Crippen molar-refractivity contribution in [3.63, 3.8) is 0 Å². The fraction of sp³-hybridized carbons (Fsp3) is 0.556. The minimum atomic E-state index is -0.393. The third kappa shape index (κ3) is 5.67. The van der Waals surface area contributed by atoms with Gasteiger partial charge >= 0.3 is 0 Å². The molecule has 0 radical (unpaired) electrons. The molecule has 1 aromatic carbocycles. The zero-order chi connectivity index (χ0) is 16.7. The van der Waals surface area contributed by atoms with Crippen LogP contribution < -0.4 is 10.6 Å². The molecule has 0 spiro atoms. The lowest BCUT2D eigenvalue weighted by Gasteiger charge is -2.27. The van der Waals surface area contributed by atoms with Crippen molar-refractivity contribution in [3.8, 4) is 0 Å². The van der Waals surface area contributed by atoms with Gasteiger partial charge in [0.25, 0.3) is 0 Å². The fourth-order valence-corrected chi connectivity index (χ4v) is 2.74. The van der Waals surface area contributed by atoms with E-state index in [2.05, 4.69) is 41.5 Å². The third-order valence-electron chi connectivity index (χ3n) is 4.18. The molecular weight excluding hydrogens is 290 g/mol. The molecule has 0 aliphatic carbocycles. The smallest absolute Gasteiger partial charge is 0.242 e. The van der Waals surface area contributed by atoms with Gasteiger partial charge in [-0.3, -0.25) is 14.5 Å². The summed E-state index contributed by atoms with van der Waals surface area (Å²) in [7, 11) is 0. The Bertz CT molecular complexity index is 516. The molecule has 1 aliphatic rings. The molecular formula is C18H27N3O2. The zero-order valence-electron chi connectivity index (χ0n) is 14.0. The van der Waals surface area contributed by atoms with Crippen LogP contribution in [0.4, 0.5) is 0 Å². The van der Waals surface area contributed by atoms with Gasteiger partial charge in [-0.05, 0) is 38.7 Å². The number of amides is 2. The Morgan fingerprint density at radius 3 is 2.74 bits per heavy atom. The standard InChI is InChI=1S/C18H27N3O2/c1-14(2)21(12-15-8-4-3-5-9-15)13-17(22)20-16-10-6-7-11-19-18(16)23/h3-5,8-9,14,16H,6-7,10-13H2,1-2H3,(H,19,23)(H,20,22)/t16-/m0/s1. The van der Waals surface area contributed by atoms with Crippen molar-refractivity contribution in [2.75, 3.05) is 13.1 Å². The second kappa shape index (κ2) is 8.67. The Balaban J connectivity index is 1.91. The summed E-state index contributed by atoms with van der Waals surface area (Å²) < 4.78 is 0. The summed E-state index contributed by atoms with van der Waals surface area (Å²) in [4.78, 5) is 26.4. The van der Waals surface area contributed by atoms with Gasteiger partial charge in [-0.25, -0.2) is 0 Å². The van der Waals surface area contributed by atoms with Gasteiger partial charge in [0.05, 0.1) is 6.54 Å². The van der Waals surface area contributed by atoms with E-state index in [4.69, 9.17) is 0 Å². The number of rotatable bonds is 6. The zero-order valence-corrected chi connectivity index (χ0v) is 14.0. The molecule has 126 valence electrons. The van der Waals surface area contributed by atoms with Crippen LogP contribution in [0.3, 0.4) is 0 Å². The number of carbonyl (C=O) groups is 2.